The predicted octanol–water partition coefficient (Wildman–Crippen LogP) is -1.33. The highest BCUT2D eigenvalue weighted by molar-refractivity contribution is 4.72. The van der Waals surface area contributed by atoms with Crippen LogP contribution >= 0.6 is 0 Å². The topological polar surface area (TPSA) is 74.2 Å². The molecule has 0 amide bonds. The SMILES string of the molecule is COCC(CCO)NCC(O)CN1CCOCC1. The van der Waals surface area contributed by atoms with E-state index in [-0.39, 0.29) is 12.6 Å². The Kier molecular flexibility index (Phi) is 8.49. The molecule has 1 aliphatic heterocycles. The van der Waals surface area contributed by atoms with Crippen LogP contribution in [-0.4, -0.2) is 87.0 Å². The van der Waals surface area contributed by atoms with E-state index in [9.17, 15) is 5.11 Å². The molecular weight excluding hydrogens is 236 g/mol. The van der Waals surface area contributed by atoms with E-state index in [0.717, 1.165) is 26.3 Å². The molecule has 108 valence electrons. The van der Waals surface area contributed by atoms with E-state index in [2.05, 4.69) is 10.2 Å². The summed E-state index contributed by atoms with van der Waals surface area (Å²) >= 11 is 0. The van der Waals surface area contributed by atoms with Gasteiger partial charge in [0.1, 0.15) is 0 Å². The fraction of sp³-hybridized carbons (Fsp3) is 1.00. The maximum Gasteiger partial charge on any atom is 0.0791 e. The maximum atomic E-state index is 9.94. The molecule has 2 atom stereocenters. The highest BCUT2D eigenvalue weighted by Gasteiger charge is 2.16. The van der Waals surface area contributed by atoms with Crippen LogP contribution in [-0.2, 0) is 9.47 Å². The van der Waals surface area contributed by atoms with Gasteiger partial charge in [-0.1, -0.05) is 0 Å². The lowest BCUT2D eigenvalue weighted by molar-refractivity contribution is 0.0137. The first kappa shape index (κ1) is 15.8. The first-order valence-electron chi connectivity index (χ1n) is 6.57. The second-order valence-electron chi connectivity index (χ2n) is 4.64. The lowest BCUT2D eigenvalue weighted by atomic mass is 10.2. The number of hydrogen-bond acceptors (Lipinski definition) is 6. The highest BCUT2D eigenvalue weighted by atomic mass is 16.5. The first-order chi connectivity index (χ1) is 8.76. The van der Waals surface area contributed by atoms with Gasteiger partial charge in [0.15, 0.2) is 0 Å². The third-order valence-corrected chi connectivity index (χ3v) is 3.06. The Labute approximate surface area is 109 Å². The molecule has 0 aromatic rings. The van der Waals surface area contributed by atoms with Crippen LogP contribution in [0.2, 0.25) is 0 Å². The number of aliphatic hydroxyl groups excluding tert-OH is 2. The number of methoxy groups -OCH3 is 1. The van der Waals surface area contributed by atoms with Crippen molar-refractivity contribution in [2.75, 3.05) is 59.7 Å². The van der Waals surface area contributed by atoms with Crippen LogP contribution in [0.15, 0.2) is 0 Å². The lowest BCUT2D eigenvalue weighted by Crippen LogP contribution is -2.46. The molecule has 0 aromatic carbocycles. The second kappa shape index (κ2) is 9.66. The molecule has 18 heavy (non-hydrogen) atoms. The number of nitrogens with one attached hydrogen (secondary N) is 1. The Hall–Kier alpha value is -0.240. The van der Waals surface area contributed by atoms with Crippen molar-refractivity contribution >= 4 is 0 Å². The number of rotatable bonds is 9. The number of morpholine rings is 1. The first-order valence-corrected chi connectivity index (χ1v) is 6.57. The fourth-order valence-electron chi connectivity index (χ4n) is 2.05. The summed E-state index contributed by atoms with van der Waals surface area (Å²) in [6.07, 6.45) is 0.235. The zero-order chi connectivity index (χ0) is 13.2. The molecule has 1 aliphatic rings. The zero-order valence-corrected chi connectivity index (χ0v) is 11.2. The van der Waals surface area contributed by atoms with Gasteiger partial charge in [-0.3, -0.25) is 4.90 Å². The quantitative estimate of drug-likeness (QED) is 0.478. The molecule has 0 aliphatic carbocycles. The normalized spacial score (nSPS) is 20.8. The molecule has 1 saturated heterocycles. The standard InChI is InChI=1S/C12H26N2O4/c1-17-10-11(2-5-15)13-8-12(16)9-14-3-6-18-7-4-14/h11-13,15-16H,2-10H2,1H3. The van der Waals surface area contributed by atoms with Gasteiger partial charge < -0.3 is 25.0 Å². The van der Waals surface area contributed by atoms with Gasteiger partial charge in [-0.15, -0.1) is 0 Å². The summed E-state index contributed by atoms with van der Waals surface area (Å²) in [6.45, 7) is 5.12. The minimum Gasteiger partial charge on any atom is -0.396 e. The Balaban J connectivity index is 2.15. The Morgan fingerprint density at radius 3 is 2.72 bits per heavy atom. The zero-order valence-electron chi connectivity index (χ0n) is 11.2. The molecule has 0 bridgehead atoms. The van der Waals surface area contributed by atoms with Crippen LogP contribution < -0.4 is 5.32 Å². The van der Waals surface area contributed by atoms with E-state index >= 15 is 0 Å². The number of aliphatic hydroxyl groups is 2. The number of hydrogen-bond donors (Lipinski definition) is 3. The van der Waals surface area contributed by atoms with E-state index in [1.54, 1.807) is 7.11 Å². The second-order valence-corrected chi connectivity index (χ2v) is 4.64. The van der Waals surface area contributed by atoms with Crippen LogP contribution in [0.3, 0.4) is 0 Å². The van der Waals surface area contributed by atoms with Gasteiger partial charge in [-0.2, -0.15) is 0 Å². The predicted molar refractivity (Wildman–Crippen MR) is 68.6 cm³/mol. The van der Waals surface area contributed by atoms with Gasteiger partial charge in [0.2, 0.25) is 0 Å². The van der Waals surface area contributed by atoms with E-state index in [0.29, 0.717) is 26.1 Å². The molecule has 6 heteroatoms. The van der Waals surface area contributed by atoms with Crippen LogP contribution in [0.25, 0.3) is 0 Å². The summed E-state index contributed by atoms with van der Waals surface area (Å²) in [5, 5.41) is 22.1. The molecule has 0 radical (unpaired) electrons. The highest BCUT2D eigenvalue weighted by Crippen LogP contribution is 1.99. The van der Waals surface area contributed by atoms with Gasteiger partial charge in [0, 0.05) is 45.9 Å². The third-order valence-electron chi connectivity index (χ3n) is 3.06. The fourth-order valence-corrected chi connectivity index (χ4v) is 2.05. The van der Waals surface area contributed by atoms with Crippen LogP contribution in [0.4, 0.5) is 0 Å². The molecule has 3 N–H and O–H groups in total. The molecule has 0 saturated carbocycles. The van der Waals surface area contributed by atoms with Crippen molar-refractivity contribution in [3.05, 3.63) is 0 Å². The van der Waals surface area contributed by atoms with E-state index in [4.69, 9.17) is 14.6 Å². The van der Waals surface area contributed by atoms with E-state index in [1.165, 1.54) is 0 Å². The molecule has 1 rings (SSSR count). The van der Waals surface area contributed by atoms with E-state index in [1.807, 2.05) is 0 Å². The molecule has 2 unspecified atom stereocenters. The summed E-state index contributed by atoms with van der Waals surface area (Å²) in [7, 11) is 1.64. The smallest absolute Gasteiger partial charge is 0.0791 e. The number of β-amino-alcohol motifs (C(OH)–C–C–N with tert-alkyl or cyclic N) is 1. The van der Waals surface area contributed by atoms with Crippen LogP contribution in [0, 0.1) is 0 Å². The summed E-state index contributed by atoms with van der Waals surface area (Å²) in [6, 6.07) is 0.0966. The van der Waals surface area contributed by atoms with Crippen molar-refractivity contribution in [3.8, 4) is 0 Å². The van der Waals surface area contributed by atoms with Crippen molar-refractivity contribution in [2.45, 2.75) is 18.6 Å². The van der Waals surface area contributed by atoms with Crippen molar-refractivity contribution in [1.29, 1.82) is 0 Å². The van der Waals surface area contributed by atoms with Gasteiger partial charge in [0.25, 0.3) is 0 Å². The van der Waals surface area contributed by atoms with Crippen molar-refractivity contribution < 1.29 is 19.7 Å². The van der Waals surface area contributed by atoms with Crippen molar-refractivity contribution in [1.82, 2.24) is 10.2 Å². The maximum absolute atomic E-state index is 9.94. The average molecular weight is 262 g/mol. The van der Waals surface area contributed by atoms with E-state index < -0.39 is 6.10 Å². The molecule has 1 fully saturated rings. The molecular formula is C12H26N2O4. The number of nitrogens with zero attached hydrogens (tertiary/aromatic N) is 1. The molecule has 1 heterocycles. The average Bonchev–Trinajstić information content (AvgIpc) is 2.38. The monoisotopic (exact) mass is 262 g/mol. The summed E-state index contributed by atoms with van der Waals surface area (Å²) < 4.78 is 10.3. The summed E-state index contributed by atoms with van der Waals surface area (Å²) in [4.78, 5) is 2.20. The summed E-state index contributed by atoms with van der Waals surface area (Å²) in [5.41, 5.74) is 0. The Bertz CT molecular complexity index is 195. The molecule has 0 aromatic heterocycles. The summed E-state index contributed by atoms with van der Waals surface area (Å²) in [5.74, 6) is 0. The van der Waals surface area contributed by atoms with Gasteiger partial charge in [-0.05, 0) is 6.42 Å². The minimum absolute atomic E-state index is 0.0966. The van der Waals surface area contributed by atoms with Crippen molar-refractivity contribution in [2.24, 2.45) is 0 Å². The van der Waals surface area contributed by atoms with Gasteiger partial charge in [0.05, 0.1) is 25.9 Å². The molecule has 6 nitrogen and oxygen atoms in total. The molecule has 0 spiro atoms. The number of ether oxygens (including phenoxy) is 2. The van der Waals surface area contributed by atoms with Crippen molar-refractivity contribution in [3.63, 3.8) is 0 Å². The largest absolute Gasteiger partial charge is 0.396 e. The lowest BCUT2D eigenvalue weighted by Gasteiger charge is -2.29. The Morgan fingerprint density at radius 2 is 2.11 bits per heavy atom. The third kappa shape index (κ3) is 6.63. The Morgan fingerprint density at radius 1 is 1.39 bits per heavy atom. The van der Waals surface area contributed by atoms with Crippen LogP contribution in [0.1, 0.15) is 6.42 Å². The minimum atomic E-state index is -0.402. The van der Waals surface area contributed by atoms with Gasteiger partial charge >= 0.3 is 0 Å². The van der Waals surface area contributed by atoms with Gasteiger partial charge in [-0.25, -0.2) is 0 Å². The van der Waals surface area contributed by atoms with Crippen LogP contribution in [0.5, 0.6) is 0 Å².